The average Bonchev–Trinajstić information content (AvgIpc) is 3.09. The number of nitrogens with one attached hydrogen (secondary N) is 1. The van der Waals surface area contributed by atoms with Crippen LogP contribution < -0.4 is 5.32 Å². The fraction of sp³-hybridized carbons (Fsp3) is 0.600. The maximum atomic E-state index is 12.0. The Balaban J connectivity index is 1.87. The minimum Gasteiger partial charge on any atom is -0.458 e. The van der Waals surface area contributed by atoms with E-state index in [-0.39, 0.29) is 23.9 Å². The zero-order valence-corrected chi connectivity index (χ0v) is 13.0. The summed E-state index contributed by atoms with van der Waals surface area (Å²) in [6.07, 6.45) is 2.70. The lowest BCUT2D eigenvalue weighted by Crippen LogP contribution is -2.16. The van der Waals surface area contributed by atoms with E-state index in [2.05, 4.69) is 19.2 Å². The van der Waals surface area contributed by atoms with Gasteiger partial charge in [0.15, 0.2) is 0 Å². The summed E-state index contributed by atoms with van der Waals surface area (Å²) in [6, 6.07) is 3.46. The van der Waals surface area contributed by atoms with Crippen LogP contribution in [0.3, 0.4) is 0 Å². The zero-order chi connectivity index (χ0) is 14.7. The van der Waals surface area contributed by atoms with Gasteiger partial charge in [0.1, 0.15) is 4.88 Å². The molecule has 2 rings (SSSR count). The normalized spacial score (nSPS) is 16.0. The van der Waals surface area contributed by atoms with Gasteiger partial charge in [-0.3, -0.25) is 4.79 Å². The number of hydrogen-bond acceptors (Lipinski definition) is 4. The van der Waals surface area contributed by atoms with Gasteiger partial charge in [-0.25, -0.2) is 4.79 Å². The number of ether oxygens (including phenoxy) is 1. The molecule has 0 aromatic carbocycles. The minimum absolute atomic E-state index is 0.0555. The van der Waals surface area contributed by atoms with E-state index in [0.717, 1.165) is 19.3 Å². The highest BCUT2D eigenvalue weighted by Crippen LogP contribution is 2.31. The molecule has 1 amide bonds. The maximum absolute atomic E-state index is 12.0. The molecule has 1 aromatic rings. The van der Waals surface area contributed by atoms with Crippen LogP contribution in [0.1, 0.15) is 49.7 Å². The molecule has 1 atom stereocenters. The Labute approximate surface area is 123 Å². The highest BCUT2D eigenvalue weighted by atomic mass is 32.1. The van der Waals surface area contributed by atoms with Crippen molar-refractivity contribution in [3.63, 3.8) is 0 Å². The predicted octanol–water partition coefficient (Wildman–Crippen LogP) is 3.69. The monoisotopic (exact) mass is 295 g/mol. The predicted molar refractivity (Wildman–Crippen MR) is 80.0 cm³/mol. The third-order valence-electron chi connectivity index (χ3n) is 3.11. The zero-order valence-electron chi connectivity index (χ0n) is 12.1. The Bertz CT molecular complexity index is 491. The van der Waals surface area contributed by atoms with Crippen molar-refractivity contribution in [1.29, 1.82) is 0 Å². The molecule has 0 spiro atoms. The number of thiophene rings is 1. The lowest BCUT2D eigenvalue weighted by Gasteiger charge is -2.14. The first-order chi connectivity index (χ1) is 9.45. The average molecular weight is 295 g/mol. The van der Waals surface area contributed by atoms with Gasteiger partial charge < -0.3 is 10.1 Å². The van der Waals surface area contributed by atoms with E-state index >= 15 is 0 Å². The summed E-state index contributed by atoms with van der Waals surface area (Å²) < 4.78 is 5.38. The molecule has 1 aliphatic carbocycles. The summed E-state index contributed by atoms with van der Waals surface area (Å²) in [7, 11) is 0. The number of amides is 1. The summed E-state index contributed by atoms with van der Waals surface area (Å²) in [5, 5.41) is 3.55. The smallest absolute Gasteiger partial charge is 0.348 e. The second-order valence-corrected chi connectivity index (χ2v) is 6.86. The SMILES string of the molecule is CC(C)CC(C)OC(=O)c1ccc(NC(=O)C2CC2)s1. The van der Waals surface area contributed by atoms with Gasteiger partial charge in [0.25, 0.3) is 0 Å². The Morgan fingerprint density at radius 1 is 1.35 bits per heavy atom. The minimum atomic E-state index is -0.310. The number of hydrogen-bond donors (Lipinski definition) is 1. The molecule has 0 saturated heterocycles. The van der Waals surface area contributed by atoms with E-state index < -0.39 is 0 Å². The number of anilines is 1. The molecule has 5 heteroatoms. The maximum Gasteiger partial charge on any atom is 0.348 e. The molecular weight excluding hydrogens is 274 g/mol. The lowest BCUT2D eigenvalue weighted by molar-refractivity contribution is -0.117. The summed E-state index contributed by atoms with van der Waals surface area (Å²) >= 11 is 1.27. The largest absolute Gasteiger partial charge is 0.458 e. The van der Waals surface area contributed by atoms with Crippen LogP contribution in [0.5, 0.6) is 0 Å². The molecule has 20 heavy (non-hydrogen) atoms. The van der Waals surface area contributed by atoms with Crippen LogP contribution >= 0.6 is 11.3 Å². The Morgan fingerprint density at radius 2 is 2.05 bits per heavy atom. The van der Waals surface area contributed by atoms with Crippen molar-refractivity contribution in [3.05, 3.63) is 17.0 Å². The van der Waals surface area contributed by atoms with E-state index in [0.29, 0.717) is 15.8 Å². The lowest BCUT2D eigenvalue weighted by atomic mass is 10.1. The summed E-state index contributed by atoms with van der Waals surface area (Å²) in [5.74, 6) is 0.406. The molecule has 1 aliphatic rings. The Morgan fingerprint density at radius 3 is 2.65 bits per heavy atom. The van der Waals surface area contributed by atoms with Gasteiger partial charge in [-0.2, -0.15) is 0 Å². The molecule has 0 bridgehead atoms. The van der Waals surface area contributed by atoms with Crippen LogP contribution in [-0.4, -0.2) is 18.0 Å². The molecule has 1 saturated carbocycles. The van der Waals surface area contributed by atoms with Crippen molar-refractivity contribution in [3.8, 4) is 0 Å². The topological polar surface area (TPSA) is 55.4 Å². The molecule has 110 valence electrons. The van der Waals surface area contributed by atoms with Gasteiger partial charge in [0, 0.05) is 5.92 Å². The number of rotatable bonds is 6. The van der Waals surface area contributed by atoms with Crippen molar-refractivity contribution >= 4 is 28.2 Å². The van der Waals surface area contributed by atoms with Gasteiger partial charge >= 0.3 is 5.97 Å². The van der Waals surface area contributed by atoms with Gasteiger partial charge in [-0.05, 0) is 44.2 Å². The molecule has 1 aromatic heterocycles. The molecular formula is C15H21NO3S. The van der Waals surface area contributed by atoms with E-state index in [9.17, 15) is 9.59 Å². The van der Waals surface area contributed by atoms with Crippen molar-refractivity contribution in [1.82, 2.24) is 0 Å². The quantitative estimate of drug-likeness (QED) is 0.814. The molecule has 1 fully saturated rings. The third kappa shape index (κ3) is 4.34. The molecule has 4 nitrogen and oxygen atoms in total. The van der Waals surface area contributed by atoms with E-state index in [1.165, 1.54) is 11.3 Å². The van der Waals surface area contributed by atoms with Crippen LogP contribution in [0.25, 0.3) is 0 Å². The van der Waals surface area contributed by atoms with Crippen molar-refractivity contribution in [2.45, 2.75) is 46.1 Å². The van der Waals surface area contributed by atoms with Crippen LogP contribution in [0.4, 0.5) is 5.00 Å². The van der Waals surface area contributed by atoms with Crippen LogP contribution in [0.15, 0.2) is 12.1 Å². The second-order valence-electron chi connectivity index (χ2n) is 5.77. The molecule has 1 N–H and O–H groups in total. The Kier molecular flexibility index (Phi) is 4.81. The van der Waals surface area contributed by atoms with Gasteiger partial charge in [-0.1, -0.05) is 13.8 Å². The van der Waals surface area contributed by atoms with Crippen LogP contribution in [0, 0.1) is 11.8 Å². The van der Waals surface area contributed by atoms with E-state index in [4.69, 9.17) is 4.74 Å². The molecule has 0 radical (unpaired) electrons. The van der Waals surface area contributed by atoms with E-state index in [1.807, 2.05) is 6.92 Å². The molecule has 1 heterocycles. The highest BCUT2D eigenvalue weighted by molar-refractivity contribution is 7.18. The van der Waals surface area contributed by atoms with Gasteiger partial charge in [-0.15, -0.1) is 11.3 Å². The van der Waals surface area contributed by atoms with Crippen molar-refractivity contribution in [2.75, 3.05) is 5.32 Å². The first-order valence-corrected chi connectivity index (χ1v) is 7.89. The fourth-order valence-electron chi connectivity index (χ4n) is 2.04. The van der Waals surface area contributed by atoms with Gasteiger partial charge in [0.05, 0.1) is 11.1 Å². The summed E-state index contributed by atoms with van der Waals surface area (Å²) in [6.45, 7) is 6.10. The van der Waals surface area contributed by atoms with Crippen molar-refractivity contribution in [2.24, 2.45) is 11.8 Å². The second kappa shape index (κ2) is 6.39. The Hall–Kier alpha value is -1.36. The van der Waals surface area contributed by atoms with Gasteiger partial charge in [0.2, 0.25) is 5.91 Å². The van der Waals surface area contributed by atoms with Crippen LogP contribution in [-0.2, 0) is 9.53 Å². The molecule has 0 aliphatic heterocycles. The van der Waals surface area contributed by atoms with E-state index in [1.54, 1.807) is 12.1 Å². The summed E-state index contributed by atoms with van der Waals surface area (Å²) in [4.78, 5) is 24.1. The van der Waals surface area contributed by atoms with Crippen LogP contribution in [0.2, 0.25) is 0 Å². The number of carbonyl (C=O) groups excluding carboxylic acids is 2. The first kappa shape index (κ1) is 15.0. The number of esters is 1. The molecule has 1 unspecified atom stereocenters. The first-order valence-electron chi connectivity index (χ1n) is 7.07. The van der Waals surface area contributed by atoms with Crippen molar-refractivity contribution < 1.29 is 14.3 Å². The highest BCUT2D eigenvalue weighted by Gasteiger charge is 2.30. The summed E-state index contributed by atoms with van der Waals surface area (Å²) in [5.41, 5.74) is 0. The standard InChI is InChI=1S/C15H21NO3S/c1-9(2)8-10(3)19-15(18)12-6-7-13(20-12)16-14(17)11-4-5-11/h6-7,9-11H,4-5,8H2,1-3H3,(H,16,17). The third-order valence-corrected chi connectivity index (χ3v) is 4.09. The fourth-order valence-corrected chi connectivity index (χ4v) is 2.83. The number of carbonyl (C=O) groups is 2.